The van der Waals surface area contributed by atoms with Crippen LogP contribution in [-0.2, 0) is 14.8 Å². The van der Waals surface area contributed by atoms with Crippen molar-refractivity contribution in [2.45, 2.75) is 63.8 Å². The molecule has 0 bridgehead atoms. The fraction of sp³-hybridized carbons (Fsp3) is 0.500. The maximum absolute atomic E-state index is 13.1. The summed E-state index contributed by atoms with van der Waals surface area (Å²) in [4.78, 5) is 20.0. The molecule has 1 aromatic heterocycles. The predicted octanol–water partition coefficient (Wildman–Crippen LogP) is 4.10. The third kappa shape index (κ3) is 5.86. The van der Waals surface area contributed by atoms with Crippen molar-refractivity contribution in [2.24, 2.45) is 5.92 Å². The van der Waals surface area contributed by atoms with Crippen molar-refractivity contribution in [3.05, 3.63) is 48.2 Å². The number of nitrogens with zero attached hydrogens (tertiary/aromatic N) is 2. The Morgan fingerprint density at radius 2 is 1.81 bits per heavy atom. The number of sulfonamides is 1. The van der Waals surface area contributed by atoms with Gasteiger partial charge in [0.25, 0.3) is 0 Å². The summed E-state index contributed by atoms with van der Waals surface area (Å²) in [5, 5.41) is 2.84. The zero-order chi connectivity index (χ0) is 23.4. The van der Waals surface area contributed by atoms with Gasteiger partial charge >= 0.3 is 0 Å². The molecule has 7 nitrogen and oxygen atoms in total. The molecule has 2 aromatic rings. The van der Waals surface area contributed by atoms with Gasteiger partial charge in [-0.15, -0.1) is 0 Å². The van der Waals surface area contributed by atoms with Crippen LogP contribution in [0.25, 0.3) is 0 Å². The number of piperidine rings is 1. The first kappa shape index (κ1) is 24.2. The summed E-state index contributed by atoms with van der Waals surface area (Å²) in [6, 6.07) is 10.3. The van der Waals surface area contributed by atoms with Crippen LogP contribution in [0.5, 0.6) is 0 Å². The second-order valence-electron chi connectivity index (χ2n) is 9.03. The first-order valence-corrected chi connectivity index (χ1v) is 12.7. The zero-order valence-corrected chi connectivity index (χ0v) is 20.2. The molecule has 32 heavy (non-hydrogen) atoms. The number of carbonyl (C=O) groups is 1. The molecule has 0 aliphatic carbocycles. The van der Waals surface area contributed by atoms with Crippen LogP contribution in [0.2, 0.25) is 0 Å². The Kier molecular flexibility index (Phi) is 7.56. The second kappa shape index (κ2) is 10.0. The molecule has 1 saturated heterocycles. The van der Waals surface area contributed by atoms with Crippen LogP contribution in [0.3, 0.4) is 0 Å². The summed E-state index contributed by atoms with van der Waals surface area (Å²) < 4.78 is 28.5. The Labute approximate surface area is 191 Å². The van der Waals surface area contributed by atoms with Gasteiger partial charge in [-0.05, 0) is 63.3 Å². The van der Waals surface area contributed by atoms with E-state index in [0.717, 1.165) is 43.2 Å². The maximum Gasteiger partial charge on any atom is 0.245 e. The number of rotatable bonds is 8. The lowest BCUT2D eigenvalue weighted by atomic mass is 9.96. The number of aryl methyl sites for hydroxylation is 1. The molecule has 1 atom stereocenters. The van der Waals surface area contributed by atoms with Gasteiger partial charge in [0, 0.05) is 13.1 Å². The molecule has 0 spiro atoms. The van der Waals surface area contributed by atoms with E-state index in [2.05, 4.69) is 26.8 Å². The van der Waals surface area contributed by atoms with Gasteiger partial charge < -0.3 is 10.2 Å². The predicted molar refractivity (Wildman–Crippen MR) is 128 cm³/mol. The molecule has 2 heterocycles. The van der Waals surface area contributed by atoms with E-state index < -0.39 is 21.5 Å². The van der Waals surface area contributed by atoms with E-state index in [1.54, 1.807) is 37.4 Å². The van der Waals surface area contributed by atoms with Crippen LogP contribution in [0.1, 0.15) is 52.0 Å². The largest absolute Gasteiger partial charge is 0.357 e. The topological polar surface area (TPSA) is 91.4 Å². The molecule has 0 unspecified atom stereocenters. The minimum Gasteiger partial charge on any atom is -0.357 e. The number of hydrogen-bond acceptors (Lipinski definition) is 5. The highest BCUT2D eigenvalue weighted by molar-refractivity contribution is 7.89. The lowest BCUT2D eigenvalue weighted by Crippen LogP contribution is -2.54. The standard InChI is InChI=1S/C24H34N4O3S/c1-5-14-24(4,27-32(30,31)21-9-6-18(2)7-10-21)23(29)26-20-8-11-22(25-17-20)28-15-12-19(3)13-16-28/h6-11,17,19,27H,5,12-16H2,1-4H3,(H,26,29)/t24-/m0/s1. The van der Waals surface area contributed by atoms with Crippen LogP contribution in [0.4, 0.5) is 11.5 Å². The van der Waals surface area contributed by atoms with Gasteiger partial charge in [-0.2, -0.15) is 4.72 Å². The minimum atomic E-state index is -3.85. The Bertz CT molecular complexity index is 1010. The molecular weight excluding hydrogens is 424 g/mol. The molecule has 174 valence electrons. The first-order chi connectivity index (χ1) is 15.1. The number of benzene rings is 1. The van der Waals surface area contributed by atoms with Crippen molar-refractivity contribution < 1.29 is 13.2 Å². The van der Waals surface area contributed by atoms with Crippen molar-refractivity contribution in [1.82, 2.24) is 9.71 Å². The Morgan fingerprint density at radius 3 is 2.38 bits per heavy atom. The molecule has 3 rings (SSSR count). The van der Waals surface area contributed by atoms with Crippen molar-refractivity contribution in [3.63, 3.8) is 0 Å². The van der Waals surface area contributed by atoms with E-state index in [4.69, 9.17) is 0 Å². The molecular formula is C24H34N4O3S. The Balaban J connectivity index is 1.72. The summed E-state index contributed by atoms with van der Waals surface area (Å²) in [5.74, 6) is 1.23. The summed E-state index contributed by atoms with van der Waals surface area (Å²) in [6.45, 7) is 9.66. The Morgan fingerprint density at radius 1 is 1.16 bits per heavy atom. The summed E-state index contributed by atoms with van der Waals surface area (Å²) in [7, 11) is -3.85. The van der Waals surface area contributed by atoms with Crippen LogP contribution in [-0.4, -0.2) is 37.9 Å². The summed E-state index contributed by atoms with van der Waals surface area (Å²) >= 11 is 0. The zero-order valence-electron chi connectivity index (χ0n) is 19.4. The molecule has 2 N–H and O–H groups in total. The molecule has 1 aromatic carbocycles. The van der Waals surface area contributed by atoms with E-state index in [9.17, 15) is 13.2 Å². The van der Waals surface area contributed by atoms with Crippen molar-refractivity contribution in [1.29, 1.82) is 0 Å². The molecule has 1 amide bonds. The average Bonchev–Trinajstić information content (AvgIpc) is 2.75. The van der Waals surface area contributed by atoms with Gasteiger partial charge in [0.15, 0.2) is 0 Å². The highest BCUT2D eigenvalue weighted by atomic mass is 32.2. The highest BCUT2D eigenvalue weighted by Crippen LogP contribution is 2.24. The fourth-order valence-corrected chi connectivity index (χ4v) is 5.34. The first-order valence-electron chi connectivity index (χ1n) is 11.3. The van der Waals surface area contributed by atoms with Gasteiger partial charge in [0.2, 0.25) is 15.9 Å². The fourth-order valence-electron chi connectivity index (χ4n) is 3.94. The number of anilines is 2. The van der Waals surface area contributed by atoms with Gasteiger partial charge in [-0.3, -0.25) is 4.79 Å². The van der Waals surface area contributed by atoms with Gasteiger partial charge in [-0.25, -0.2) is 13.4 Å². The van der Waals surface area contributed by atoms with Gasteiger partial charge in [0.05, 0.1) is 16.8 Å². The van der Waals surface area contributed by atoms with Crippen molar-refractivity contribution in [3.8, 4) is 0 Å². The molecule has 0 saturated carbocycles. The lowest BCUT2D eigenvalue weighted by Gasteiger charge is -2.31. The minimum absolute atomic E-state index is 0.139. The van der Waals surface area contributed by atoms with Crippen LogP contribution in [0, 0.1) is 12.8 Å². The van der Waals surface area contributed by atoms with Crippen LogP contribution >= 0.6 is 0 Å². The molecule has 1 fully saturated rings. The van der Waals surface area contributed by atoms with Crippen LogP contribution < -0.4 is 14.9 Å². The second-order valence-corrected chi connectivity index (χ2v) is 10.7. The number of carbonyl (C=O) groups excluding carboxylic acids is 1. The van der Waals surface area contributed by atoms with Crippen molar-refractivity contribution in [2.75, 3.05) is 23.3 Å². The number of hydrogen-bond donors (Lipinski definition) is 2. The number of amides is 1. The highest BCUT2D eigenvalue weighted by Gasteiger charge is 2.37. The molecule has 1 aliphatic rings. The quantitative estimate of drug-likeness (QED) is 0.621. The molecule has 0 radical (unpaired) electrons. The van der Waals surface area contributed by atoms with E-state index in [0.29, 0.717) is 18.5 Å². The van der Waals surface area contributed by atoms with E-state index >= 15 is 0 Å². The lowest BCUT2D eigenvalue weighted by molar-refractivity contribution is -0.121. The van der Waals surface area contributed by atoms with Crippen molar-refractivity contribution >= 4 is 27.4 Å². The van der Waals surface area contributed by atoms with E-state index in [-0.39, 0.29) is 4.90 Å². The molecule has 1 aliphatic heterocycles. The van der Waals surface area contributed by atoms with Crippen LogP contribution in [0.15, 0.2) is 47.5 Å². The third-order valence-corrected chi connectivity index (χ3v) is 7.67. The number of nitrogens with one attached hydrogen (secondary N) is 2. The number of pyridine rings is 1. The number of aromatic nitrogens is 1. The summed E-state index contributed by atoms with van der Waals surface area (Å²) in [6.07, 6.45) is 4.94. The van der Waals surface area contributed by atoms with Gasteiger partial charge in [-0.1, -0.05) is 38.0 Å². The monoisotopic (exact) mass is 458 g/mol. The Hall–Kier alpha value is -2.45. The van der Waals surface area contributed by atoms with Gasteiger partial charge in [0.1, 0.15) is 11.4 Å². The smallest absolute Gasteiger partial charge is 0.245 e. The SMILES string of the molecule is CCC[C@](C)(NS(=O)(=O)c1ccc(C)cc1)C(=O)Nc1ccc(N2CCC(C)CC2)nc1. The normalized spacial score (nSPS) is 17.1. The van der Waals surface area contributed by atoms with E-state index in [1.807, 2.05) is 26.0 Å². The molecule has 8 heteroatoms. The maximum atomic E-state index is 13.1. The average molecular weight is 459 g/mol. The third-order valence-electron chi connectivity index (χ3n) is 6.06. The summed E-state index contributed by atoms with van der Waals surface area (Å²) in [5.41, 5.74) is 0.217. The van der Waals surface area contributed by atoms with E-state index in [1.165, 1.54) is 0 Å².